The van der Waals surface area contributed by atoms with Gasteiger partial charge in [-0.2, -0.15) is 17.0 Å². The van der Waals surface area contributed by atoms with Gasteiger partial charge in [0, 0.05) is 17.7 Å². The van der Waals surface area contributed by atoms with Crippen LogP contribution in [-0.2, 0) is 0 Å². The van der Waals surface area contributed by atoms with E-state index < -0.39 is 0 Å². The first-order valence-corrected chi connectivity index (χ1v) is 6.43. The van der Waals surface area contributed by atoms with Gasteiger partial charge in [0.1, 0.15) is 6.07 Å². The summed E-state index contributed by atoms with van der Waals surface area (Å²) in [7, 11) is 0. The molecule has 0 radical (unpaired) electrons. The molecule has 1 N–H and O–H groups in total. The smallest absolute Gasteiger partial charge is 0.101 e. The van der Waals surface area contributed by atoms with Crippen molar-refractivity contribution in [2.45, 2.75) is 18.4 Å². The van der Waals surface area contributed by atoms with Gasteiger partial charge in [0.15, 0.2) is 0 Å². The first-order valence-electron chi connectivity index (χ1n) is 5.27. The Morgan fingerprint density at radius 3 is 3.27 bits per heavy atom. The summed E-state index contributed by atoms with van der Waals surface area (Å²) in [6.45, 7) is 0. The van der Waals surface area contributed by atoms with Gasteiger partial charge in [-0.25, -0.2) is 0 Å². The highest BCUT2D eigenvalue weighted by Gasteiger charge is 2.35. The zero-order chi connectivity index (χ0) is 10.3. The number of thioether (sulfide) groups is 1. The van der Waals surface area contributed by atoms with Crippen molar-refractivity contribution in [3.8, 4) is 6.07 Å². The van der Waals surface area contributed by atoms with Crippen molar-refractivity contribution in [3.05, 3.63) is 29.3 Å². The fourth-order valence-corrected chi connectivity index (χ4v) is 3.79. The van der Waals surface area contributed by atoms with Crippen LogP contribution in [0.15, 0.2) is 18.2 Å². The maximum atomic E-state index is 9.04. The van der Waals surface area contributed by atoms with Crippen LogP contribution in [0.4, 0.5) is 5.69 Å². The van der Waals surface area contributed by atoms with Gasteiger partial charge < -0.3 is 5.32 Å². The van der Waals surface area contributed by atoms with Crippen molar-refractivity contribution in [2.75, 3.05) is 16.8 Å². The number of para-hydroxylation sites is 1. The largest absolute Gasteiger partial charge is 0.380 e. The predicted octanol–water partition coefficient (Wildman–Crippen LogP) is 2.57. The fourth-order valence-electron chi connectivity index (χ4n) is 2.54. The van der Waals surface area contributed by atoms with E-state index in [0.29, 0.717) is 12.0 Å². The Kier molecular flexibility index (Phi) is 2.10. The third-order valence-electron chi connectivity index (χ3n) is 3.30. The molecule has 1 saturated heterocycles. The number of nitrogens with one attached hydrogen (secondary N) is 1. The van der Waals surface area contributed by atoms with Gasteiger partial charge in [0.05, 0.1) is 11.3 Å². The zero-order valence-corrected chi connectivity index (χ0v) is 9.18. The predicted molar refractivity (Wildman–Crippen MR) is 63.3 cm³/mol. The number of benzene rings is 1. The van der Waals surface area contributed by atoms with Crippen LogP contribution < -0.4 is 5.32 Å². The number of rotatable bonds is 0. The van der Waals surface area contributed by atoms with E-state index in [1.165, 1.54) is 23.5 Å². The molecule has 0 bridgehead atoms. The summed E-state index contributed by atoms with van der Waals surface area (Å²) in [5, 5.41) is 12.6. The molecule has 3 rings (SSSR count). The van der Waals surface area contributed by atoms with E-state index in [1.807, 2.05) is 23.9 Å². The third kappa shape index (κ3) is 1.32. The second-order valence-corrected chi connectivity index (χ2v) is 5.25. The Hall–Kier alpha value is -1.14. The van der Waals surface area contributed by atoms with Gasteiger partial charge in [0.2, 0.25) is 0 Å². The summed E-state index contributed by atoms with van der Waals surface area (Å²) in [5.41, 5.74) is 3.25. The number of hydrogen-bond donors (Lipinski definition) is 1. The molecule has 3 heteroatoms. The highest BCUT2D eigenvalue weighted by atomic mass is 32.2. The molecule has 15 heavy (non-hydrogen) atoms. The minimum atomic E-state index is 0.566. The van der Waals surface area contributed by atoms with E-state index in [9.17, 15) is 0 Å². The van der Waals surface area contributed by atoms with Gasteiger partial charge in [-0.3, -0.25) is 0 Å². The van der Waals surface area contributed by atoms with Crippen LogP contribution in [0, 0.1) is 11.3 Å². The van der Waals surface area contributed by atoms with Crippen LogP contribution in [0.3, 0.4) is 0 Å². The molecule has 2 unspecified atom stereocenters. The van der Waals surface area contributed by atoms with Crippen LogP contribution in [0.1, 0.15) is 23.5 Å². The molecule has 2 aliphatic heterocycles. The lowest BCUT2D eigenvalue weighted by molar-refractivity contribution is 0.614. The third-order valence-corrected chi connectivity index (χ3v) is 4.42. The number of nitrogens with zero attached hydrogens (tertiary/aromatic N) is 1. The zero-order valence-electron chi connectivity index (χ0n) is 8.36. The highest BCUT2D eigenvalue weighted by Crippen LogP contribution is 2.43. The molecule has 1 fully saturated rings. The van der Waals surface area contributed by atoms with Gasteiger partial charge >= 0.3 is 0 Å². The molecule has 1 aromatic rings. The van der Waals surface area contributed by atoms with Crippen LogP contribution in [0.25, 0.3) is 0 Å². The monoisotopic (exact) mass is 216 g/mol. The van der Waals surface area contributed by atoms with Gasteiger partial charge in [0.25, 0.3) is 0 Å². The molecule has 0 aliphatic carbocycles. The Bertz CT molecular complexity index is 436. The minimum Gasteiger partial charge on any atom is -0.380 e. The van der Waals surface area contributed by atoms with Crippen LogP contribution in [0.5, 0.6) is 0 Å². The van der Waals surface area contributed by atoms with Gasteiger partial charge in [-0.05, 0) is 23.8 Å². The normalized spacial score (nSPS) is 27.4. The van der Waals surface area contributed by atoms with Crippen molar-refractivity contribution in [1.29, 1.82) is 5.26 Å². The lowest BCUT2D eigenvalue weighted by atomic mass is 9.94. The standard InChI is InChI=1S/C12H12N2S/c13-6-8-2-1-3-9-10-7-15-5-4-11(10)14-12(8)9/h1-3,10-11,14H,4-5,7H2. The SMILES string of the molecule is N#Cc1cccc2c1NC1CCSCC21. The lowest BCUT2D eigenvalue weighted by Gasteiger charge is -2.24. The molecule has 76 valence electrons. The quantitative estimate of drug-likeness (QED) is 0.724. The topological polar surface area (TPSA) is 35.8 Å². The van der Waals surface area contributed by atoms with Crippen LogP contribution in [-0.4, -0.2) is 17.5 Å². The van der Waals surface area contributed by atoms with Crippen molar-refractivity contribution < 1.29 is 0 Å². The average Bonchev–Trinajstić information content (AvgIpc) is 2.67. The first kappa shape index (κ1) is 9.11. The van der Waals surface area contributed by atoms with Crippen molar-refractivity contribution in [2.24, 2.45) is 0 Å². The fraction of sp³-hybridized carbons (Fsp3) is 0.417. The second-order valence-electron chi connectivity index (χ2n) is 4.10. The summed E-state index contributed by atoms with van der Waals surface area (Å²) in [5.74, 6) is 3.05. The number of anilines is 1. The Labute approximate surface area is 93.7 Å². The number of nitriles is 1. The number of fused-ring (bicyclic) bond motifs is 3. The minimum absolute atomic E-state index is 0.566. The average molecular weight is 216 g/mol. The van der Waals surface area contributed by atoms with Crippen molar-refractivity contribution in [3.63, 3.8) is 0 Å². The summed E-state index contributed by atoms with van der Waals surface area (Å²) in [4.78, 5) is 0. The number of hydrogen-bond acceptors (Lipinski definition) is 3. The Balaban J connectivity index is 2.07. The van der Waals surface area contributed by atoms with E-state index in [0.717, 1.165) is 11.3 Å². The van der Waals surface area contributed by atoms with Gasteiger partial charge in [-0.15, -0.1) is 0 Å². The van der Waals surface area contributed by atoms with E-state index in [2.05, 4.69) is 17.5 Å². The van der Waals surface area contributed by atoms with Gasteiger partial charge in [-0.1, -0.05) is 12.1 Å². The molecular formula is C12H12N2S. The van der Waals surface area contributed by atoms with Crippen molar-refractivity contribution in [1.82, 2.24) is 0 Å². The van der Waals surface area contributed by atoms with E-state index in [-0.39, 0.29) is 0 Å². The van der Waals surface area contributed by atoms with E-state index in [4.69, 9.17) is 5.26 Å². The van der Waals surface area contributed by atoms with Crippen LogP contribution in [0.2, 0.25) is 0 Å². The molecule has 0 aromatic heterocycles. The first-order chi connectivity index (χ1) is 7.40. The van der Waals surface area contributed by atoms with Crippen LogP contribution >= 0.6 is 11.8 Å². The van der Waals surface area contributed by atoms with E-state index >= 15 is 0 Å². The molecule has 2 heterocycles. The summed E-state index contributed by atoms with van der Waals surface area (Å²) < 4.78 is 0. The molecule has 1 aromatic carbocycles. The molecule has 0 amide bonds. The molecule has 2 nitrogen and oxygen atoms in total. The van der Waals surface area contributed by atoms with E-state index in [1.54, 1.807) is 0 Å². The molecule has 2 atom stereocenters. The summed E-state index contributed by atoms with van der Waals surface area (Å²) >= 11 is 2.03. The second kappa shape index (κ2) is 3.46. The molecule has 2 aliphatic rings. The molecule has 0 spiro atoms. The summed E-state index contributed by atoms with van der Waals surface area (Å²) in [6, 6.07) is 8.90. The Morgan fingerprint density at radius 2 is 2.40 bits per heavy atom. The molecule has 0 saturated carbocycles. The van der Waals surface area contributed by atoms with Crippen molar-refractivity contribution >= 4 is 17.4 Å². The highest BCUT2D eigenvalue weighted by molar-refractivity contribution is 7.99. The maximum Gasteiger partial charge on any atom is 0.101 e. The lowest BCUT2D eigenvalue weighted by Crippen LogP contribution is -2.26. The molecular weight excluding hydrogens is 204 g/mol. The Morgan fingerprint density at radius 1 is 1.47 bits per heavy atom. The summed E-state index contributed by atoms with van der Waals surface area (Å²) in [6.07, 6.45) is 1.22. The maximum absolute atomic E-state index is 9.04.